The lowest BCUT2D eigenvalue weighted by Crippen LogP contribution is -2.33. The van der Waals surface area contributed by atoms with Crippen LogP contribution in [-0.2, 0) is 4.79 Å². The van der Waals surface area contributed by atoms with E-state index in [4.69, 9.17) is 11.6 Å². The lowest BCUT2D eigenvalue weighted by molar-refractivity contribution is -0.131. The number of nitrogens with one attached hydrogen (secondary N) is 1. The fourth-order valence-corrected chi connectivity index (χ4v) is 2.16. The zero-order valence-electron chi connectivity index (χ0n) is 11.8. The maximum atomic E-state index is 12.0. The van der Waals surface area contributed by atoms with Crippen molar-refractivity contribution in [2.45, 2.75) is 33.1 Å². The third-order valence-corrected chi connectivity index (χ3v) is 3.07. The highest BCUT2D eigenvalue weighted by Gasteiger charge is 2.10. The molecule has 0 unspecified atom stereocenters. The fraction of sp³-hybridized carbons (Fsp3) is 0.533. The SMILES string of the molecule is CCCN(CCC)C(=O)CCNc1cccc(Cl)c1. The van der Waals surface area contributed by atoms with E-state index in [0.717, 1.165) is 31.6 Å². The first kappa shape index (κ1) is 15.8. The van der Waals surface area contributed by atoms with E-state index in [0.29, 0.717) is 18.0 Å². The van der Waals surface area contributed by atoms with Crippen LogP contribution in [-0.4, -0.2) is 30.4 Å². The Bertz CT molecular complexity index is 389. The first-order chi connectivity index (χ1) is 9.17. The van der Waals surface area contributed by atoms with Crippen molar-refractivity contribution >= 4 is 23.2 Å². The van der Waals surface area contributed by atoms with Gasteiger partial charge in [-0.25, -0.2) is 0 Å². The Kier molecular flexibility index (Phi) is 7.34. The van der Waals surface area contributed by atoms with E-state index in [1.807, 2.05) is 29.2 Å². The minimum Gasteiger partial charge on any atom is -0.384 e. The molecule has 0 radical (unpaired) electrons. The molecule has 0 saturated carbocycles. The summed E-state index contributed by atoms with van der Waals surface area (Å²) in [5.74, 6) is 0.221. The molecule has 0 aliphatic heterocycles. The Balaban J connectivity index is 2.36. The van der Waals surface area contributed by atoms with Crippen LogP contribution in [0.15, 0.2) is 24.3 Å². The van der Waals surface area contributed by atoms with Gasteiger partial charge in [0.25, 0.3) is 0 Å². The van der Waals surface area contributed by atoms with Crippen LogP contribution in [0.4, 0.5) is 5.69 Å². The molecule has 1 aromatic rings. The number of anilines is 1. The van der Waals surface area contributed by atoms with Crippen LogP contribution in [0.5, 0.6) is 0 Å². The molecule has 0 spiro atoms. The van der Waals surface area contributed by atoms with Crippen LogP contribution in [0.25, 0.3) is 0 Å². The van der Waals surface area contributed by atoms with Crippen LogP contribution in [0.1, 0.15) is 33.1 Å². The van der Waals surface area contributed by atoms with Crippen molar-refractivity contribution in [3.8, 4) is 0 Å². The summed E-state index contributed by atoms with van der Waals surface area (Å²) in [6.07, 6.45) is 2.54. The molecular formula is C15H23ClN2O. The van der Waals surface area contributed by atoms with Gasteiger partial charge in [-0.15, -0.1) is 0 Å². The van der Waals surface area contributed by atoms with Gasteiger partial charge in [-0.2, -0.15) is 0 Å². The van der Waals surface area contributed by atoms with Gasteiger partial charge in [0.1, 0.15) is 0 Å². The number of hydrogen-bond donors (Lipinski definition) is 1. The van der Waals surface area contributed by atoms with Crippen molar-refractivity contribution in [1.82, 2.24) is 4.90 Å². The van der Waals surface area contributed by atoms with E-state index >= 15 is 0 Å². The Morgan fingerprint density at radius 3 is 2.53 bits per heavy atom. The number of rotatable bonds is 8. The third-order valence-electron chi connectivity index (χ3n) is 2.83. The molecule has 1 amide bonds. The molecule has 0 bridgehead atoms. The van der Waals surface area contributed by atoms with E-state index < -0.39 is 0 Å². The van der Waals surface area contributed by atoms with Gasteiger partial charge in [0.05, 0.1) is 0 Å². The van der Waals surface area contributed by atoms with Gasteiger partial charge in [-0.1, -0.05) is 31.5 Å². The summed E-state index contributed by atoms with van der Waals surface area (Å²) in [5.41, 5.74) is 0.956. The Labute approximate surface area is 120 Å². The highest BCUT2D eigenvalue weighted by molar-refractivity contribution is 6.30. The Morgan fingerprint density at radius 1 is 1.26 bits per heavy atom. The monoisotopic (exact) mass is 282 g/mol. The molecule has 106 valence electrons. The molecule has 3 nitrogen and oxygen atoms in total. The molecule has 0 heterocycles. The van der Waals surface area contributed by atoms with E-state index in [9.17, 15) is 4.79 Å². The highest BCUT2D eigenvalue weighted by atomic mass is 35.5. The Hall–Kier alpha value is -1.22. The quantitative estimate of drug-likeness (QED) is 0.787. The second kappa shape index (κ2) is 8.81. The smallest absolute Gasteiger partial charge is 0.224 e. The lowest BCUT2D eigenvalue weighted by atomic mass is 10.2. The number of hydrogen-bond acceptors (Lipinski definition) is 2. The van der Waals surface area contributed by atoms with Gasteiger partial charge in [-0.3, -0.25) is 4.79 Å². The van der Waals surface area contributed by atoms with Gasteiger partial charge in [0.2, 0.25) is 5.91 Å². The minimum atomic E-state index is 0.221. The van der Waals surface area contributed by atoms with Crippen LogP contribution in [0, 0.1) is 0 Å². The number of halogens is 1. The van der Waals surface area contributed by atoms with Gasteiger partial charge in [0, 0.05) is 36.8 Å². The van der Waals surface area contributed by atoms with Gasteiger partial charge >= 0.3 is 0 Å². The molecule has 19 heavy (non-hydrogen) atoms. The average Bonchev–Trinajstić information content (AvgIpc) is 2.38. The Morgan fingerprint density at radius 2 is 1.95 bits per heavy atom. The summed E-state index contributed by atoms with van der Waals surface area (Å²) in [7, 11) is 0. The van der Waals surface area contributed by atoms with Crippen LogP contribution in [0.2, 0.25) is 5.02 Å². The molecule has 0 aliphatic rings. The summed E-state index contributed by atoms with van der Waals surface area (Å²) in [6.45, 7) is 6.54. The predicted molar refractivity (Wildman–Crippen MR) is 81.7 cm³/mol. The van der Waals surface area contributed by atoms with E-state index in [1.165, 1.54) is 0 Å². The topological polar surface area (TPSA) is 32.3 Å². The molecule has 1 N–H and O–H groups in total. The molecule has 4 heteroatoms. The first-order valence-corrected chi connectivity index (χ1v) is 7.32. The molecule has 0 aromatic heterocycles. The second-order valence-electron chi connectivity index (χ2n) is 4.57. The van der Waals surface area contributed by atoms with Crippen molar-refractivity contribution in [3.05, 3.63) is 29.3 Å². The van der Waals surface area contributed by atoms with Crippen molar-refractivity contribution < 1.29 is 4.79 Å². The van der Waals surface area contributed by atoms with Crippen molar-refractivity contribution in [1.29, 1.82) is 0 Å². The molecule has 1 rings (SSSR count). The van der Waals surface area contributed by atoms with E-state index in [1.54, 1.807) is 0 Å². The molecule has 0 saturated heterocycles. The summed E-state index contributed by atoms with van der Waals surface area (Å²) in [4.78, 5) is 14.0. The summed E-state index contributed by atoms with van der Waals surface area (Å²) >= 11 is 5.90. The molecule has 0 fully saturated rings. The van der Waals surface area contributed by atoms with Crippen molar-refractivity contribution in [2.24, 2.45) is 0 Å². The van der Waals surface area contributed by atoms with Gasteiger partial charge in [0.15, 0.2) is 0 Å². The van der Waals surface area contributed by atoms with Gasteiger partial charge < -0.3 is 10.2 Å². The number of benzene rings is 1. The zero-order chi connectivity index (χ0) is 14.1. The minimum absolute atomic E-state index is 0.221. The predicted octanol–water partition coefficient (Wildman–Crippen LogP) is 3.79. The summed E-state index contributed by atoms with van der Waals surface area (Å²) in [5, 5.41) is 3.93. The second-order valence-corrected chi connectivity index (χ2v) is 5.00. The average molecular weight is 283 g/mol. The number of carbonyl (C=O) groups is 1. The normalized spacial score (nSPS) is 10.3. The third kappa shape index (κ3) is 5.97. The van der Waals surface area contributed by atoms with Crippen molar-refractivity contribution in [3.63, 3.8) is 0 Å². The maximum absolute atomic E-state index is 12.0. The van der Waals surface area contributed by atoms with E-state index in [2.05, 4.69) is 19.2 Å². The summed E-state index contributed by atoms with van der Waals surface area (Å²) in [6, 6.07) is 7.54. The summed E-state index contributed by atoms with van der Waals surface area (Å²) < 4.78 is 0. The van der Waals surface area contributed by atoms with E-state index in [-0.39, 0.29) is 5.91 Å². The van der Waals surface area contributed by atoms with Crippen LogP contribution < -0.4 is 5.32 Å². The van der Waals surface area contributed by atoms with Crippen LogP contribution >= 0.6 is 11.6 Å². The fourth-order valence-electron chi connectivity index (χ4n) is 1.97. The highest BCUT2D eigenvalue weighted by Crippen LogP contribution is 2.14. The largest absolute Gasteiger partial charge is 0.384 e. The number of nitrogens with zero attached hydrogens (tertiary/aromatic N) is 1. The lowest BCUT2D eigenvalue weighted by Gasteiger charge is -2.21. The number of carbonyl (C=O) groups excluding carboxylic acids is 1. The molecular weight excluding hydrogens is 260 g/mol. The number of amides is 1. The molecule has 0 aliphatic carbocycles. The zero-order valence-corrected chi connectivity index (χ0v) is 12.5. The van der Waals surface area contributed by atoms with Gasteiger partial charge in [-0.05, 0) is 31.0 Å². The maximum Gasteiger partial charge on any atom is 0.224 e. The molecule has 0 atom stereocenters. The van der Waals surface area contributed by atoms with Crippen LogP contribution in [0.3, 0.4) is 0 Å². The molecule has 1 aromatic carbocycles. The van der Waals surface area contributed by atoms with Crippen molar-refractivity contribution in [2.75, 3.05) is 25.0 Å². The standard InChI is InChI=1S/C15H23ClN2O/c1-3-10-18(11-4-2)15(19)8-9-17-14-7-5-6-13(16)12-14/h5-7,12,17H,3-4,8-11H2,1-2H3. The first-order valence-electron chi connectivity index (χ1n) is 6.94.